The third kappa shape index (κ3) is 4.67. The Morgan fingerprint density at radius 3 is 2.48 bits per heavy atom. The highest BCUT2D eigenvalue weighted by atomic mass is 32.2. The Balaban J connectivity index is 1.52. The van der Waals surface area contributed by atoms with E-state index in [1.165, 1.54) is 22.3 Å². The Morgan fingerprint density at radius 1 is 0.963 bits per heavy atom. The molecule has 1 aliphatic rings. The number of rotatable bonds is 9. The van der Waals surface area contributed by atoms with Gasteiger partial charge in [-0.05, 0) is 60.9 Å². The summed E-state index contributed by atoms with van der Waals surface area (Å²) in [5.74, 6) is 0.467. The third-order valence-corrected chi connectivity index (χ3v) is 7.73. The Hall–Kier alpha value is -1.94. The normalized spacial score (nSPS) is 12.9. The van der Waals surface area contributed by atoms with Crippen LogP contribution in [0.25, 0.3) is 11.1 Å². The highest BCUT2D eigenvalue weighted by Crippen LogP contribution is 2.38. The molecule has 2 aromatic carbocycles. The van der Waals surface area contributed by atoms with Gasteiger partial charge in [-0.3, -0.25) is 4.79 Å². The van der Waals surface area contributed by atoms with E-state index in [0.717, 1.165) is 24.8 Å². The SMILES string of the molecule is CC(C)S(=O)(=O)CCCCCC(=O)Cc1cccc2c1Cc1ccccc1-2. The Bertz CT molecular complexity index is 926. The lowest BCUT2D eigenvalue weighted by atomic mass is 9.96. The highest BCUT2D eigenvalue weighted by molar-refractivity contribution is 7.91. The number of ketones is 1. The lowest BCUT2D eigenvalue weighted by Crippen LogP contribution is -2.17. The van der Waals surface area contributed by atoms with Gasteiger partial charge in [0.15, 0.2) is 9.84 Å². The van der Waals surface area contributed by atoms with E-state index >= 15 is 0 Å². The average molecular weight is 385 g/mol. The molecular formula is C23H28O3S. The summed E-state index contributed by atoms with van der Waals surface area (Å²) < 4.78 is 23.6. The number of sulfone groups is 1. The van der Waals surface area contributed by atoms with Gasteiger partial charge < -0.3 is 0 Å². The van der Waals surface area contributed by atoms with Crippen molar-refractivity contribution in [3.63, 3.8) is 0 Å². The number of carbonyl (C=O) groups is 1. The maximum atomic E-state index is 12.4. The minimum atomic E-state index is -2.97. The molecule has 0 radical (unpaired) electrons. The molecule has 0 atom stereocenters. The van der Waals surface area contributed by atoms with Gasteiger partial charge >= 0.3 is 0 Å². The van der Waals surface area contributed by atoms with E-state index in [2.05, 4.69) is 36.4 Å². The lowest BCUT2D eigenvalue weighted by Gasteiger charge is -2.09. The second kappa shape index (κ2) is 8.39. The topological polar surface area (TPSA) is 51.2 Å². The fraction of sp³-hybridized carbons (Fsp3) is 0.435. The molecule has 0 N–H and O–H groups in total. The number of hydrogen-bond donors (Lipinski definition) is 0. The smallest absolute Gasteiger partial charge is 0.152 e. The number of fused-ring (bicyclic) bond motifs is 3. The molecule has 27 heavy (non-hydrogen) atoms. The van der Waals surface area contributed by atoms with E-state index in [-0.39, 0.29) is 16.8 Å². The molecule has 0 saturated carbocycles. The van der Waals surface area contributed by atoms with Gasteiger partial charge in [-0.15, -0.1) is 0 Å². The van der Waals surface area contributed by atoms with Crippen molar-refractivity contribution < 1.29 is 13.2 Å². The predicted molar refractivity (Wildman–Crippen MR) is 111 cm³/mol. The molecular weight excluding hydrogens is 356 g/mol. The fourth-order valence-corrected chi connectivity index (χ4v) is 4.81. The zero-order valence-corrected chi connectivity index (χ0v) is 17.0. The summed E-state index contributed by atoms with van der Waals surface area (Å²) in [6.07, 6.45) is 4.10. The van der Waals surface area contributed by atoms with Crippen LogP contribution < -0.4 is 0 Å². The molecule has 1 aliphatic carbocycles. The maximum Gasteiger partial charge on any atom is 0.152 e. The average Bonchev–Trinajstić information content (AvgIpc) is 3.01. The van der Waals surface area contributed by atoms with Crippen molar-refractivity contribution in [2.24, 2.45) is 0 Å². The summed E-state index contributed by atoms with van der Waals surface area (Å²) in [6, 6.07) is 14.7. The van der Waals surface area contributed by atoms with Crippen LogP contribution in [0.3, 0.4) is 0 Å². The van der Waals surface area contributed by atoms with Crippen molar-refractivity contribution in [3.8, 4) is 11.1 Å². The molecule has 0 aromatic heterocycles. The maximum absolute atomic E-state index is 12.4. The second-order valence-electron chi connectivity index (χ2n) is 7.72. The first-order valence-corrected chi connectivity index (χ1v) is 11.5. The van der Waals surface area contributed by atoms with Crippen molar-refractivity contribution in [3.05, 3.63) is 59.2 Å². The quantitative estimate of drug-likeness (QED) is 0.500. The number of hydrogen-bond acceptors (Lipinski definition) is 3. The standard InChI is InChI=1S/C23H28O3S/c1-17(2)27(25,26)14-7-3-4-11-20(24)15-18-10-8-13-22-21-12-6-5-9-19(21)16-23(18)22/h5-6,8-10,12-13,17H,3-4,7,11,14-16H2,1-2H3. The van der Waals surface area contributed by atoms with Gasteiger partial charge in [0.05, 0.1) is 11.0 Å². The Labute approximate surface area is 162 Å². The molecule has 3 nitrogen and oxygen atoms in total. The molecule has 4 heteroatoms. The predicted octanol–water partition coefficient (Wildman–Crippen LogP) is 4.75. The van der Waals surface area contributed by atoms with E-state index < -0.39 is 9.84 Å². The second-order valence-corrected chi connectivity index (χ2v) is 10.4. The first-order valence-electron chi connectivity index (χ1n) is 9.81. The fourth-order valence-electron chi connectivity index (χ4n) is 3.73. The van der Waals surface area contributed by atoms with E-state index in [0.29, 0.717) is 19.3 Å². The van der Waals surface area contributed by atoms with Crippen LogP contribution >= 0.6 is 0 Å². The first kappa shape index (κ1) is 19.8. The minimum Gasteiger partial charge on any atom is -0.299 e. The van der Waals surface area contributed by atoms with E-state index in [4.69, 9.17) is 0 Å². The summed E-state index contributed by atoms with van der Waals surface area (Å²) in [5.41, 5.74) is 6.30. The summed E-state index contributed by atoms with van der Waals surface area (Å²) in [5, 5.41) is -0.316. The van der Waals surface area contributed by atoms with Crippen molar-refractivity contribution in [2.45, 2.75) is 57.6 Å². The first-order chi connectivity index (χ1) is 12.9. The van der Waals surface area contributed by atoms with Crippen molar-refractivity contribution in [1.29, 1.82) is 0 Å². The van der Waals surface area contributed by atoms with Crippen molar-refractivity contribution >= 4 is 15.6 Å². The molecule has 0 aliphatic heterocycles. The van der Waals surface area contributed by atoms with Gasteiger partial charge in [0, 0.05) is 12.8 Å². The van der Waals surface area contributed by atoms with Gasteiger partial charge in [0.25, 0.3) is 0 Å². The third-order valence-electron chi connectivity index (χ3n) is 5.44. The van der Waals surface area contributed by atoms with Gasteiger partial charge in [0.1, 0.15) is 5.78 Å². The summed E-state index contributed by atoms with van der Waals surface area (Å²) in [4.78, 5) is 12.4. The summed E-state index contributed by atoms with van der Waals surface area (Å²) in [7, 11) is -2.97. The van der Waals surface area contributed by atoms with E-state index in [9.17, 15) is 13.2 Å². The van der Waals surface area contributed by atoms with Gasteiger partial charge in [-0.25, -0.2) is 8.42 Å². The summed E-state index contributed by atoms with van der Waals surface area (Å²) in [6.45, 7) is 3.44. The Morgan fingerprint density at radius 2 is 1.70 bits per heavy atom. The van der Waals surface area contributed by atoms with Crippen LogP contribution in [0.1, 0.15) is 56.2 Å². The summed E-state index contributed by atoms with van der Waals surface area (Å²) >= 11 is 0. The van der Waals surface area contributed by atoms with Crippen LogP contribution in [0.15, 0.2) is 42.5 Å². The molecule has 0 fully saturated rings. The van der Waals surface area contributed by atoms with Crippen LogP contribution in [0.4, 0.5) is 0 Å². The van der Waals surface area contributed by atoms with Crippen molar-refractivity contribution in [1.82, 2.24) is 0 Å². The lowest BCUT2D eigenvalue weighted by molar-refractivity contribution is -0.118. The molecule has 0 unspecified atom stereocenters. The molecule has 144 valence electrons. The molecule has 0 saturated heterocycles. The van der Waals surface area contributed by atoms with Gasteiger partial charge in [-0.1, -0.05) is 48.9 Å². The molecule has 0 heterocycles. The van der Waals surface area contributed by atoms with Crippen LogP contribution in [-0.2, 0) is 27.5 Å². The van der Waals surface area contributed by atoms with Crippen LogP contribution in [0.2, 0.25) is 0 Å². The minimum absolute atomic E-state index is 0.226. The van der Waals surface area contributed by atoms with Gasteiger partial charge in [0.2, 0.25) is 0 Å². The van der Waals surface area contributed by atoms with E-state index in [1.54, 1.807) is 13.8 Å². The molecule has 0 spiro atoms. The zero-order valence-electron chi connectivity index (χ0n) is 16.2. The number of carbonyl (C=O) groups excluding carboxylic acids is 1. The molecule has 0 amide bonds. The van der Waals surface area contributed by atoms with Crippen LogP contribution in [0, 0.1) is 0 Å². The number of unbranched alkanes of at least 4 members (excludes halogenated alkanes) is 2. The highest BCUT2D eigenvalue weighted by Gasteiger charge is 2.21. The van der Waals surface area contributed by atoms with Crippen LogP contribution in [0.5, 0.6) is 0 Å². The molecule has 3 rings (SSSR count). The molecule has 2 aromatic rings. The number of Topliss-reactive ketones (excluding diaryl/α,β-unsaturated/α-hetero) is 1. The van der Waals surface area contributed by atoms with Crippen molar-refractivity contribution in [2.75, 3.05) is 5.75 Å². The zero-order chi connectivity index (χ0) is 19.4. The largest absolute Gasteiger partial charge is 0.299 e. The Kier molecular flexibility index (Phi) is 6.15. The monoisotopic (exact) mass is 384 g/mol. The van der Waals surface area contributed by atoms with Gasteiger partial charge in [-0.2, -0.15) is 0 Å². The van der Waals surface area contributed by atoms with Crippen LogP contribution in [-0.4, -0.2) is 25.2 Å². The van der Waals surface area contributed by atoms with E-state index in [1.807, 2.05) is 6.07 Å². The number of benzene rings is 2. The molecule has 0 bridgehead atoms.